The van der Waals surface area contributed by atoms with Gasteiger partial charge in [0, 0.05) is 31.0 Å². The zero-order valence-corrected chi connectivity index (χ0v) is 17.3. The standard InChI is InChI=1S/C22H16F4N6O2/c23-15-3-1-2-12(6-15)19-28-8-14(9-29-19)21(34)30-16-10-32(11-17(16)33)20-13(7-27)4-5-18(31-20)22(24,25)26/h1-6,8-9,16-17,33H,10-11H2,(H,30,34)/t16-,17+/m0/s1. The smallest absolute Gasteiger partial charge is 0.389 e. The van der Waals surface area contributed by atoms with E-state index in [0.717, 1.165) is 6.07 Å². The highest BCUT2D eigenvalue weighted by molar-refractivity contribution is 5.94. The van der Waals surface area contributed by atoms with Crippen LogP contribution in [0.2, 0.25) is 0 Å². The van der Waals surface area contributed by atoms with Crippen LogP contribution in [0.25, 0.3) is 11.4 Å². The highest BCUT2D eigenvalue weighted by atomic mass is 19.4. The van der Waals surface area contributed by atoms with Crippen molar-refractivity contribution in [3.63, 3.8) is 0 Å². The minimum atomic E-state index is -4.70. The van der Waals surface area contributed by atoms with Crippen LogP contribution in [0.4, 0.5) is 23.4 Å². The Bertz CT molecular complexity index is 1260. The molecule has 0 unspecified atom stereocenters. The second-order valence-corrected chi connectivity index (χ2v) is 7.54. The van der Waals surface area contributed by atoms with E-state index >= 15 is 0 Å². The number of aromatic nitrogens is 3. The number of carbonyl (C=O) groups excluding carboxylic acids is 1. The summed E-state index contributed by atoms with van der Waals surface area (Å²) in [7, 11) is 0. The number of carbonyl (C=O) groups is 1. The fourth-order valence-corrected chi connectivity index (χ4v) is 3.51. The van der Waals surface area contributed by atoms with E-state index in [2.05, 4.69) is 20.3 Å². The number of anilines is 1. The lowest BCUT2D eigenvalue weighted by atomic mass is 10.2. The molecule has 0 aliphatic carbocycles. The number of aliphatic hydroxyl groups is 1. The number of nitrogens with zero attached hydrogens (tertiary/aromatic N) is 5. The van der Waals surface area contributed by atoms with Crippen LogP contribution in [0.1, 0.15) is 21.6 Å². The number of nitriles is 1. The molecule has 0 spiro atoms. The largest absolute Gasteiger partial charge is 0.433 e. The van der Waals surface area contributed by atoms with Gasteiger partial charge in [-0.05, 0) is 24.3 Å². The molecule has 1 aliphatic heterocycles. The maximum absolute atomic E-state index is 13.4. The second-order valence-electron chi connectivity index (χ2n) is 7.54. The van der Waals surface area contributed by atoms with Crippen LogP contribution >= 0.6 is 0 Å². The summed E-state index contributed by atoms with van der Waals surface area (Å²) in [5.41, 5.74) is -0.760. The molecular weight excluding hydrogens is 456 g/mol. The van der Waals surface area contributed by atoms with Crippen LogP contribution in [0.5, 0.6) is 0 Å². The molecule has 0 saturated carbocycles. The van der Waals surface area contributed by atoms with Gasteiger partial charge in [0.25, 0.3) is 5.91 Å². The summed E-state index contributed by atoms with van der Waals surface area (Å²) in [5, 5.41) is 22.2. The summed E-state index contributed by atoms with van der Waals surface area (Å²) in [6.45, 7) is -0.207. The molecule has 0 radical (unpaired) electrons. The van der Waals surface area contributed by atoms with Crippen molar-refractivity contribution < 1.29 is 27.5 Å². The number of rotatable bonds is 4. The molecule has 1 aliphatic rings. The van der Waals surface area contributed by atoms with Crippen LogP contribution in [-0.4, -0.2) is 51.2 Å². The van der Waals surface area contributed by atoms with Gasteiger partial charge in [-0.1, -0.05) is 12.1 Å². The molecule has 2 atom stereocenters. The predicted octanol–water partition coefficient (Wildman–Crippen LogP) is 2.55. The van der Waals surface area contributed by atoms with Gasteiger partial charge in [0.1, 0.15) is 23.4 Å². The maximum atomic E-state index is 13.4. The molecule has 3 heterocycles. The topological polar surface area (TPSA) is 115 Å². The normalized spacial score (nSPS) is 17.9. The number of halogens is 4. The number of pyridine rings is 1. The number of alkyl halides is 3. The van der Waals surface area contributed by atoms with Crippen LogP contribution in [-0.2, 0) is 6.18 Å². The Morgan fingerprint density at radius 2 is 1.91 bits per heavy atom. The van der Waals surface area contributed by atoms with E-state index in [4.69, 9.17) is 0 Å². The minimum absolute atomic E-state index is 0.0701. The van der Waals surface area contributed by atoms with Gasteiger partial charge in [0.2, 0.25) is 0 Å². The van der Waals surface area contributed by atoms with Crippen molar-refractivity contribution in [1.82, 2.24) is 20.3 Å². The molecule has 2 aromatic heterocycles. The Kier molecular flexibility index (Phi) is 6.12. The lowest BCUT2D eigenvalue weighted by Gasteiger charge is -2.20. The first-order valence-electron chi connectivity index (χ1n) is 9.96. The quantitative estimate of drug-likeness (QED) is 0.561. The van der Waals surface area contributed by atoms with E-state index in [1.807, 2.05) is 0 Å². The van der Waals surface area contributed by atoms with Gasteiger partial charge in [0.05, 0.1) is 23.3 Å². The molecule has 8 nitrogen and oxygen atoms in total. The molecule has 1 fully saturated rings. The lowest BCUT2D eigenvalue weighted by Crippen LogP contribution is -2.43. The average Bonchev–Trinajstić information content (AvgIpc) is 3.18. The van der Waals surface area contributed by atoms with Gasteiger partial charge in [-0.2, -0.15) is 18.4 Å². The summed E-state index contributed by atoms with van der Waals surface area (Å²) < 4.78 is 52.6. The minimum Gasteiger partial charge on any atom is -0.389 e. The first kappa shape index (κ1) is 23.1. The Balaban J connectivity index is 1.48. The monoisotopic (exact) mass is 472 g/mol. The van der Waals surface area contributed by atoms with Crippen molar-refractivity contribution in [2.45, 2.75) is 18.3 Å². The van der Waals surface area contributed by atoms with Gasteiger partial charge >= 0.3 is 6.18 Å². The molecule has 1 saturated heterocycles. The number of amides is 1. The van der Waals surface area contributed by atoms with Gasteiger partial charge in [-0.3, -0.25) is 4.79 Å². The molecule has 2 N–H and O–H groups in total. The van der Waals surface area contributed by atoms with Crippen molar-refractivity contribution in [1.29, 1.82) is 5.26 Å². The fourth-order valence-electron chi connectivity index (χ4n) is 3.51. The number of β-amino-alcohol motifs (C(OH)–C–C–N with tert-alkyl or cyclic N) is 1. The highest BCUT2D eigenvalue weighted by Crippen LogP contribution is 2.31. The molecule has 174 valence electrons. The van der Waals surface area contributed by atoms with Gasteiger partial charge in [-0.15, -0.1) is 0 Å². The molecule has 1 amide bonds. The molecule has 12 heteroatoms. The Labute approximate surface area is 190 Å². The Morgan fingerprint density at radius 3 is 2.56 bits per heavy atom. The SMILES string of the molecule is N#Cc1ccc(C(F)(F)F)nc1N1C[C@@H](O)[C@@H](NC(=O)c2cnc(-c3cccc(F)c3)nc2)C1. The van der Waals surface area contributed by atoms with Gasteiger partial charge in [0.15, 0.2) is 5.82 Å². The van der Waals surface area contributed by atoms with Gasteiger partial charge < -0.3 is 15.3 Å². The third-order valence-corrected chi connectivity index (χ3v) is 5.19. The molecule has 4 rings (SSSR count). The Hall–Kier alpha value is -4.11. The number of hydrogen-bond donors (Lipinski definition) is 2. The second kappa shape index (κ2) is 9.03. The van der Waals surface area contributed by atoms with Crippen LogP contribution in [0, 0.1) is 17.1 Å². The van der Waals surface area contributed by atoms with E-state index < -0.39 is 35.7 Å². The van der Waals surface area contributed by atoms with Crippen LogP contribution in [0.3, 0.4) is 0 Å². The van der Waals surface area contributed by atoms with Crippen molar-refractivity contribution in [3.05, 3.63) is 71.4 Å². The van der Waals surface area contributed by atoms with Crippen molar-refractivity contribution in [3.8, 4) is 17.5 Å². The molecule has 0 bridgehead atoms. The van der Waals surface area contributed by atoms with E-state index in [1.54, 1.807) is 12.1 Å². The first-order chi connectivity index (χ1) is 16.2. The number of nitrogens with one attached hydrogen (secondary N) is 1. The highest BCUT2D eigenvalue weighted by Gasteiger charge is 2.37. The lowest BCUT2D eigenvalue weighted by molar-refractivity contribution is -0.141. The van der Waals surface area contributed by atoms with Crippen LogP contribution in [0.15, 0.2) is 48.8 Å². The molecule has 3 aromatic rings. The zero-order valence-electron chi connectivity index (χ0n) is 17.3. The number of benzene rings is 1. The van der Waals surface area contributed by atoms with E-state index in [9.17, 15) is 32.7 Å². The summed E-state index contributed by atoms with van der Waals surface area (Å²) in [4.78, 5) is 25.6. The van der Waals surface area contributed by atoms with Crippen molar-refractivity contribution >= 4 is 11.7 Å². The third-order valence-electron chi connectivity index (χ3n) is 5.19. The Morgan fingerprint density at radius 1 is 1.18 bits per heavy atom. The zero-order chi connectivity index (χ0) is 24.5. The van der Waals surface area contributed by atoms with Crippen molar-refractivity contribution in [2.75, 3.05) is 18.0 Å². The number of hydrogen-bond acceptors (Lipinski definition) is 7. The fraction of sp³-hybridized carbons (Fsp3) is 0.227. The average molecular weight is 472 g/mol. The first-order valence-corrected chi connectivity index (χ1v) is 9.96. The van der Waals surface area contributed by atoms with Crippen molar-refractivity contribution in [2.24, 2.45) is 0 Å². The molecular formula is C22H16F4N6O2. The summed E-state index contributed by atoms with van der Waals surface area (Å²) in [5.74, 6) is -1.09. The summed E-state index contributed by atoms with van der Waals surface area (Å²) in [6.07, 6.45) is -3.35. The van der Waals surface area contributed by atoms with Crippen LogP contribution < -0.4 is 10.2 Å². The maximum Gasteiger partial charge on any atom is 0.433 e. The third kappa shape index (κ3) is 4.79. The molecule has 34 heavy (non-hydrogen) atoms. The summed E-state index contributed by atoms with van der Waals surface area (Å²) in [6, 6.07) is 8.29. The van der Waals surface area contributed by atoms with E-state index in [0.29, 0.717) is 11.6 Å². The van der Waals surface area contributed by atoms with Gasteiger partial charge in [-0.25, -0.2) is 19.3 Å². The predicted molar refractivity (Wildman–Crippen MR) is 111 cm³/mol. The molecule has 1 aromatic carbocycles. The van der Waals surface area contributed by atoms with E-state index in [1.165, 1.54) is 35.5 Å². The summed E-state index contributed by atoms with van der Waals surface area (Å²) >= 11 is 0. The van der Waals surface area contributed by atoms with E-state index in [-0.39, 0.29) is 35.9 Å². The number of aliphatic hydroxyl groups excluding tert-OH is 1.